The lowest BCUT2D eigenvalue weighted by molar-refractivity contribution is -0.273. The lowest BCUT2D eigenvalue weighted by Crippen LogP contribution is -2.60. The number of nitrogens with one attached hydrogen (secondary N) is 1. The molecule has 0 aliphatic carbocycles. The highest BCUT2D eigenvalue weighted by atomic mass is 35.5. The number of β-amino-alcohol motifs (C(OH)–C–C–N with tert-alkyl or cyclic N) is 1. The lowest BCUT2D eigenvalue weighted by atomic mass is 9.86. The maximum Gasteiger partial charge on any atom is 0.418 e. The number of likely N-dealkylation sites (tertiary alicyclic amines) is 1. The van der Waals surface area contributed by atoms with Crippen LogP contribution in [0.4, 0.5) is 13.2 Å². The first-order valence-corrected chi connectivity index (χ1v) is 6.53. The maximum absolute atomic E-state index is 12.8. The van der Waals surface area contributed by atoms with Crippen LogP contribution in [0.2, 0.25) is 0 Å². The van der Waals surface area contributed by atoms with Crippen LogP contribution in [0.5, 0.6) is 0 Å². The highest BCUT2D eigenvalue weighted by Gasteiger charge is 2.56. The molecule has 0 radical (unpaired) electrons. The Morgan fingerprint density at radius 1 is 1.45 bits per heavy atom. The molecule has 1 amide bonds. The average molecular weight is 317 g/mol. The molecule has 2 rings (SSSR count). The second-order valence-corrected chi connectivity index (χ2v) is 5.60. The summed E-state index contributed by atoms with van der Waals surface area (Å²) < 4.78 is 38.4. The number of carbonyl (C=O) groups excluding carboxylic acids is 1. The fraction of sp³-hybridized carbons (Fsp3) is 0.917. The summed E-state index contributed by atoms with van der Waals surface area (Å²) in [6.07, 6.45) is -4.84. The van der Waals surface area contributed by atoms with E-state index in [1.165, 1.54) is 4.90 Å². The Kier molecular flexibility index (Phi) is 5.32. The number of amides is 1. The van der Waals surface area contributed by atoms with Crippen molar-refractivity contribution >= 4 is 18.3 Å². The van der Waals surface area contributed by atoms with E-state index in [1.807, 2.05) is 0 Å². The van der Waals surface area contributed by atoms with Gasteiger partial charge >= 0.3 is 6.18 Å². The smallest absolute Gasteiger partial charge is 0.379 e. The van der Waals surface area contributed by atoms with Gasteiger partial charge in [-0.3, -0.25) is 4.79 Å². The van der Waals surface area contributed by atoms with Crippen molar-refractivity contribution < 1.29 is 23.1 Å². The summed E-state index contributed by atoms with van der Waals surface area (Å²) in [6.45, 7) is 2.85. The van der Waals surface area contributed by atoms with E-state index in [4.69, 9.17) is 0 Å². The van der Waals surface area contributed by atoms with Gasteiger partial charge in [-0.1, -0.05) is 6.92 Å². The van der Waals surface area contributed by atoms with Crippen molar-refractivity contribution in [3.05, 3.63) is 0 Å². The molecular formula is C12H20ClF3N2O2. The van der Waals surface area contributed by atoms with Crippen LogP contribution in [0.1, 0.15) is 19.8 Å². The highest BCUT2D eigenvalue weighted by Crippen LogP contribution is 2.37. The summed E-state index contributed by atoms with van der Waals surface area (Å²) >= 11 is 0. The zero-order valence-corrected chi connectivity index (χ0v) is 12.1. The summed E-state index contributed by atoms with van der Waals surface area (Å²) in [5.74, 6) is -0.390. The van der Waals surface area contributed by atoms with E-state index in [0.717, 1.165) is 13.1 Å². The van der Waals surface area contributed by atoms with E-state index in [1.54, 1.807) is 6.92 Å². The van der Waals surface area contributed by atoms with Crippen LogP contribution in [0.3, 0.4) is 0 Å². The van der Waals surface area contributed by atoms with E-state index < -0.39 is 18.3 Å². The Morgan fingerprint density at radius 2 is 2.05 bits per heavy atom. The molecule has 118 valence electrons. The molecule has 0 aromatic carbocycles. The summed E-state index contributed by atoms with van der Waals surface area (Å²) in [6, 6.07) is 0. The first kappa shape index (κ1) is 17.5. The molecule has 2 atom stereocenters. The van der Waals surface area contributed by atoms with Crippen molar-refractivity contribution in [2.45, 2.75) is 31.5 Å². The summed E-state index contributed by atoms with van der Waals surface area (Å²) in [4.78, 5) is 13.3. The molecule has 2 heterocycles. The number of halogens is 4. The summed E-state index contributed by atoms with van der Waals surface area (Å²) in [5.41, 5.74) is -2.75. The normalized spacial score (nSPS) is 29.4. The van der Waals surface area contributed by atoms with Gasteiger partial charge in [-0.05, 0) is 31.8 Å². The van der Waals surface area contributed by atoms with Gasteiger partial charge in [0.15, 0.2) is 5.60 Å². The third kappa shape index (κ3) is 3.20. The van der Waals surface area contributed by atoms with Gasteiger partial charge in [0.1, 0.15) is 0 Å². The van der Waals surface area contributed by atoms with Gasteiger partial charge in [0, 0.05) is 12.5 Å². The Balaban J connectivity index is 0.00000200. The molecule has 0 aromatic heterocycles. The molecule has 20 heavy (non-hydrogen) atoms. The number of nitrogens with zero attached hydrogens (tertiary/aromatic N) is 1. The number of alkyl halides is 3. The molecule has 0 aromatic rings. The van der Waals surface area contributed by atoms with Crippen molar-refractivity contribution in [2.75, 3.05) is 26.2 Å². The number of hydrogen-bond donors (Lipinski definition) is 2. The van der Waals surface area contributed by atoms with Crippen LogP contribution in [-0.4, -0.2) is 53.9 Å². The molecule has 4 nitrogen and oxygen atoms in total. The first-order chi connectivity index (χ1) is 8.74. The lowest BCUT2D eigenvalue weighted by Gasteiger charge is -2.42. The topological polar surface area (TPSA) is 52.6 Å². The van der Waals surface area contributed by atoms with Gasteiger partial charge in [0.05, 0.1) is 6.54 Å². The van der Waals surface area contributed by atoms with Gasteiger partial charge in [-0.25, -0.2) is 0 Å². The SMILES string of the molecule is CC(C(=O)N1CCCC(O)(C(F)(F)F)C1)C1CNC1.Cl. The Hall–Kier alpha value is -0.530. The standard InChI is InChI=1S/C12H19F3N2O2.ClH/c1-8(9-5-16-6-9)10(18)17-4-2-3-11(19,7-17)12(13,14)15;/h8-9,16,19H,2-7H2,1H3;1H. The third-order valence-corrected chi connectivity index (χ3v) is 4.22. The Bertz CT molecular complexity index is 363. The maximum atomic E-state index is 12.8. The monoisotopic (exact) mass is 316 g/mol. The molecule has 0 spiro atoms. The molecule has 2 unspecified atom stereocenters. The fourth-order valence-electron chi connectivity index (χ4n) is 2.61. The predicted molar refractivity (Wildman–Crippen MR) is 69.6 cm³/mol. The molecular weight excluding hydrogens is 297 g/mol. The van der Waals surface area contributed by atoms with Gasteiger partial charge < -0.3 is 15.3 Å². The molecule has 0 bridgehead atoms. The van der Waals surface area contributed by atoms with Crippen LogP contribution in [0, 0.1) is 11.8 Å². The minimum Gasteiger partial charge on any atom is -0.379 e. The number of aliphatic hydroxyl groups is 1. The van der Waals surface area contributed by atoms with Gasteiger partial charge in [0.25, 0.3) is 0 Å². The zero-order chi connectivity index (χ0) is 14.3. The van der Waals surface area contributed by atoms with Crippen molar-refractivity contribution in [1.29, 1.82) is 0 Å². The van der Waals surface area contributed by atoms with Gasteiger partial charge in [-0.2, -0.15) is 13.2 Å². The minimum absolute atomic E-state index is 0. The quantitative estimate of drug-likeness (QED) is 0.804. The van der Waals surface area contributed by atoms with E-state index >= 15 is 0 Å². The molecule has 0 saturated carbocycles. The van der Waals surface area contributed by atoms with Crippen LogP contribution in [0.15, 0.2) is 0 Å². The molecule has 2 aliphatic rings. The number of rotatable bonds is 2. The molecule has 2 N–H and O–H groups in total. The van der Waals surface area contributed by atoms with Crippen LogP contribution in [-0.2, 0) is 4.79 Å². The molecule has 8 heteroatoms. The second-order valence-electron chi connectivity index (χ2n) is 5.60. The predicted octanol–water partition coefficient (Wildman–Crippen LogP) is 1.18. The van der Waals surface area contributed by atoms with E-state index in [9.17, 15) is 23.1 Å². The number of hydrogen-bond acceptors (Lipinski definition) is 3. The van der Waals surface area contributed by atoms with E-state index in [2.05, 4.69) is 5.32 Å². The van der Waals surface area contributed by atoms with E-state index in [-0.39, 0.29) is 43.0 Å². The fourth-order valence-corrected chi connectivity index (χ4v) is 2.61. The van der Waals surface area contributed by atoms with Crippen molar-refractivity contribution in [3.8, 4) is 0 Å². The first-order valence-electron chi connectivity index (χ1n) is 6.53. The second kappa shape index (κ2) is 6.07. The number of carbonyl (C=O) groups is 1. The van der Waals surface area contributed by atoms with Crippen LogP contribution >= 0.6 is 12.4 Å². The summed E-state index contributed by atoms with van der Waals surface area (Å²) in [5, 5.41) is 12.7. The summed E-state index contributed by atoms with van der Waals surface area (Å²) in [7, 11) is 0. The van der Waals surface area contributed by atoms with Crippen molar-refractivity contribution in [1.82, 2.24) is 10.2 Å². The van der Waals surface area contributed by atoms with Crippen molar-refractivity contribution in [2.24, 2.45) is 11.8 Å². The van der Waals surface area contributed by atoms with Crippen LogP contribution < -0.4 is 5.32 Å². The molecule has 2 aliphatic heterocycles. The Morgan fingerprint density at radius 3 is 2.50 bits per heavy atom. The highest BCUT2D eigenvalue weighted by molar-refractivity contribution is 5.85. The molecule has 2 saturated heterocycles. The zero-order valence-electron chi connectivity index (χ0n) is 11.2. The average Bonchev–Trinajstić information content (AvgIpc) is 2.24. The minimum atomic E-state index is -4.69. The van der Waals surface area contributed by atoms with Crippen molar-refractivity contribution in [3.63, 3.8) is 0 Å². The van der Waals surface area contributed by atoms with E-state index in [0.29, 0.717) is 6.54 Å². The van der Waals surface area contributed by atoms with Gasteiger partial charge in [-0.15, -0.1) is 12.4 Å². The molecule has 2 fully saturated rings. The van der Waals surface area contributed by atoms with Crippen LogP contribution in [0.25, 0.3) is 0 Å². The number of piperidine rings is 1. The van der Waals surface area contributed by atoms with Gasteiger partial charge in [0.2, 0.25) is 5.91 Å². The largest absolute Gasteiger partial charge is 0.418 e. The Labute approximate surface area is 122 Å². The third-order valence-electron chi connectivity index (χ3n) is 4.22.